The topological polar surface area (TPSA) is 62.9 Å². The van der Waals surface area contributed by atoms with Crippen molar-refractivity contribution in [1.82, 2.24) is 0 Å². The van der Waals surface area contributed by atoms with E-state index in [4.69, 9.17) is 24.7 Å². The summed E-state index contributed by atoms with van der Waals surface area (Å²) in [4.78, 5) is 0. The third-order valence-electron chi connectivity index (χ3n) is 2.78. The van der Waals surface area contributed by atoms with Crippen LogP contribution in [0.5, 0.6) is 11.5 Å². The van der Waals surface area contributed by atoms with E-state index < -0.39 is 0 Å². The van der Waals surface area contributed by atoms with Gasteiger partial charge in [-0.05, 0) is 30.7 Å². The van der Waals surface area contributed by atoms with Gasteiger partial charge in [0.25, 0.3) is 0 Å². The second-order valence-corrected chi connectivity index (χ2v) is 4.33. The van der Waals surface area contributed by atoms with Crippen molar-refractivity contribution in [2.24, 2.45) is 5.73 Å². The van der Waals surface area contributed by atoms with Gasteiger partial charge in [-0.1, -0.05) is 6.07 Å². The SMILES string of the molecule is COCCOCCCOc1cc(CCN)ccc1OC. The first-order chi connectivity index (χ1) is 9.81. The number of hydrogen-bond acceptors (Lipinski definition) is 5. The summed E-state index contributed by atoms with van der Waals surface area (Å²) >= 11 is 0. The predicted octanol–water partition coefficient (Wildman–Crippen LogP) is 1.63. The van der Waals surface area contributed by atoms with Crippen molar-refractivity contribution in [3.63, 3.8) is 0 Å². The molecule has 0 spiro atoms. The molecule has 0 atom stereocenters. The Balaban J connectivity index is 2.35. The lowest BCUT2D eigenvalue weighted by Gasteiger charge is -2.12. The maximum atomic E-state index is 5.74. The highest BCUT2D eigenvalue weighted by atomic mass is 16.5. The van der Waals surface area contributed by atoms with Crippen LogP contribution in [0.3, 0.4) is 0 Å². The molecule has 0 saturated carbocycles. The van der Waals surface area contributed by atoms with Gasteiger partial charge in [0.05, 0.1) is 26.9 Å². The minimum Gasteiger partial charge on any atom is -0.493 e. The maximum absolute atomic E-state index is 5.74. The van der Waals surface area contributed by atoms with Gasteiger partial charge in [0.1, 0.15) is 0 Å². The molecule has 0 unspecified atom stereocenters. The van der Waals surface area contributed by atoms with Gasteiger partial charge in [0, 0.05) is 20.1 Å². The van der Waals surface area contributed by atoms with Crippen molar-refractivity contribution in [3.05, 3.63) is 23.8 Å². The van der Waals surface area contributed by atoms with Gasteiger partial charge < -0.3 is 24.7 Å². The highest BCUT2D eigenvalue weighted by Gasteiger charge is 2.05. The molecule has 1 rings (SSSR count). The molecule has 0 heterocycles. The minimum absolute atomic E-state index is 0.593. The van der Waals surface area contributed by atoms with Crippen molar-refractivity contribution < 1.29 is 18.9 Å². The normalized spacial score (nSPS) is 10.6. The molecule has 0 aromatic heterocycles. The largest absolute Gasteiger partial charge is 0.493 e. The highest BCUT2D eigenvalue weighted by Crippen LogP contribution is 2.28. The first-order valence-corrected chi connectivity index (χ1v) is 6.88. The molecule has 0 aliphatic carbocycles. The molecule has 1 aromatic rings. The molecule has 0 fully saturated rings. The second kappa shape index (κ2) is 10.5. The van der Waals surface area contributed by atoms with Gasteiger partial charge >= 0.3 is 0 Å². The Bertz CT molecular complexity index is 371. The van der Waals surface area contributed by atoms with Crippen LogP contribution in [0.1, 0.15) is 12.0 Å². The van der Waals surface area contributed by atoms with Gasteiger partial charge in [0.15, 0.2) is 11.5 Å². The molecular formula is C15H25NO4. The van der Waals surface area contributed by atoms with E-state index in [0.717, 1.165) is 29.9 Å². The Hall–Kier alpha value is -1.30. The fourth-order valence-electron chi connectivity index (χ4n) is 1.74. The molecule has 1 aromatic carbocycles. The standard InChI is InChI=1S/C15H25NO4/c1-17-10-11-19-8-3-9-20-15-12-13(6-7-16)4-5-14(15)18-2/h4-5,12H,3,6-11,16H2,1-2H3. The third kappa shape index (κ3) is 6.23. The Kier molecular flexibility index (Phi) is 8.78. The van der Waals surface area contributed by atoms with Gasteiger partial charge in [-0.3, -0.25) is 0 Å². The molecule has 0 aliphatic rings. The van der Waals surface area contributed by atoms with Crippen LogP contribution in [0.25, 0.3) is 0 Å². The number of benzene rings is 1. The Morgan fingerprint density at radius 1 is 1.00 bits per heavy atom. The van der Waals surface area contributed by atoms with Crippen LogP contribution < -0.4 is 15.2 Å². The van der Waals surface area contributed by atoms with Crippen molar-refractivity contribution >= 4 is 0 Å². The van der Waals surface area contributed by atoms with Crippen LogP contribution in [-0.2, 0) is 15.9 Å². The first-order valence-electron chi connectivity index (χ1n) is 6.88. The summed E-state index contributed by atoms with van der Waals surface area (Å²) in [5.41, 5.74) is 6.71. The molecule has 0 amide bonds. The first kappa shape index (κ1) is 16.8. The molecule has 20 heavy (non-hydrogen) atoms. The zero-order valence-corrected chi connectivity index (χ0v) is 12.4. The van der Waals surface area contributed by atoms with E-state index in [1.165, 1.54) is 0 Å². The predicted molar refractivity (Wildman–Crippen MR) is 78.6 cm³/mol. The van der Waals surface area contributed by atoms with E-state index in [1.807, 2.05) is 18.2 Å². The quantitative estimate of drug-likeness (QED) is 0.625. The summed E-state index contributed by atoms with van der Waals surface area (Å²) in [6.45, 7) is 3.12. The van der Waals surface area contributed by atoms with E-state index in [0.29, 0.717) is 33.0 Å². The van der Waals surface area contributed by atoms with Crippen molar-refractivity contribution in [3.8, 4) is 11.5 Å². The lowest BCUT2D eigenvalue weighted by molar-refractivity contribution is 0.0643. The smallest absolute Gasteiger partial charge is 0.161 e. The third-order valence-corrected chi connectivity index (χ3v) is 2.78. The monoisotopic (exact) mass is 283 g/mol. The van der Waals surface area contributed by atoms with E-state index in [9.17, 15) is 0 Å². The summed E-state index contributed by atoms with van der Waals surface area (Å²) in [5.74, 6) is 1.50. The fraction of sp³-hybridized carbons (Fsp3) is 0.600. The van der Waals surface area contributed by atoms with Gasteiger partial charge in [0.2, 0.25) is 0 Å². The lowest BCUT2D eigenvalue weighted by Crippen LogP contribution is -2.08. The molecular weight excluding hydrogens is 258 g/mol. The number of rotatable bonds is 11. The van der Waals surface area contributed by atoms with E-state index in [-0.39, 0.29) is 0 Å². The molecule has 5 heteroatoms. The van der Waals surface area contributed by atoms with Crippen LogP contribution in [0.4, 0.5) is 0 Å². The Morgan fingerprint density at radius 2 is 1.85 bits per heavy atom. The molecule has 0 radical (unpaired) electrons. The highest BCUT2D eigenvalue weighted by molar-refractivity contribution is 5.43. The molecule has 114 valence electrons. The summed E-state index contributed by atoms with van der Waals surface area (Å²) < 4.78 is 21.3. The summed E-state index contributed by atoms with van der Waals surface area (Å²) in [5, 5.41) is 0. The zero-order chi connectivity index (χ0) is 14.6. The number of nitrogens with two attached hydrogens (primary N) is 1. The fourth-order valence-corrected chi connectivity index (χ4v) is 1.74. The summed E-state index contributed by atoms with van der Waals surface area (Å²) in [7, 11) is 3.30. The Labute approximate surface area is 121 Å². The van der Waals surface area contributed by atoms with Crippen LogP contribution >= 0.6 is 0 Å². The number of hydrogen-bond donors (Lipinski definition) is 1. The van der Waals surface area contributed by atoms with Crippen molar-refractivity contribution in [2.45, 2.75) is 12.8 Å². The van der Waals surface area contributed by atoms with E-state index in [2.05, 4.69) is 0 Å². The van der Waals surface area contributed by atoms with Gasteiger partial charge in [-0.2, -0.15) is 0 Å². The average molecular weight is 283 g/mol. The molecule has 2 N–H and O–H groups in total. The molecule has 0 aliphatic heterocycles. The van der Waals surface area contributed by atoms with E-state index >= 15 is 0 Å². The Morgan fingerprint density at radius 3 is 2.55 bits per heavy atom. The van der Waals surface area contributed by atoms with Crippen LogP contribution in [-0.4, -0.2) is 47.2 Å². The van der Waals surface area contributed by atoms with Crippen molar-refractivity contribution in [2.75, 3.05) is 47.2 Å². The lowest BCUT2D eigenvalue weighted by atomic mass is 10.1. The minimum atomic E-state index is 0.593. The van der Waals surface area contributed by atoms with Crippen LogP contribution in [0.15, 0.2) is 18.2 Å². The van der Waals surface area contributed by atoms with Crippen LogP contribution in [0.2, 0.25) is 0 Å². The average Bonchev–Trinajstić information content (AvgIpc) is 2.47. The van der Waals surface area contributed by atoms with Crippen LogP contribution in [0, 0.1) is 0 Å². The van der Waals surface area contributed by atoms with Gasteiger partial charge in [-0.15, -0.1) is 0 Å². The summed E-state index contributed by atoms with van der Waals surface area (Å²) in [6.07, 6.45) is 1.66. The van der Waals surface area contributed by atoms with Crippen molar-refractivity contribution in [1.29, 1.82) is 0 Å². The van der Waals surface area contributed by atoms with Gasteiger partial charge in [-0.25, -0.2) is 0 Å². The number of methoxy groups -OCH3 is 2. The second-order valence-electron chi connectivity index (χ2n) is 4.33. The molecule has 0 saturated heterocycles. The molecule has 0 bridgehead atoms. The zero-order valence-electron chi connectivity index (χ0n) is 12.4. The maximum Gasteiger partial charge on any atom is 0.161 e. The number of ether oxygens (including phenoxy) is 4. The van der Waals surface area contributed by atoms with E-state index in [1.54, 1.807) is 14.2 Å². The molecule has 5 nitrogen and oxygen atoms in total. The summed E-state index contributed by atoms with van der Waals surface area (Å²) in [6, 6.07) is 5.90.